The van der Waals surface area contributed by atoms with Crippen molar-refractivity contribution in [1.29, 1.82) is 0 Å². The molecule has 1 heterocycles. The van der Waals surface area contributed by atoms with Gasteiger partial charge in [-0.05, 0) is 59.5 Å². The maximum absolute atomic E-state index is 10.2. The smallest absolute Gasteiger partial charge is 0.161 e. The fourth-order valence-electron chi connectivity index (χ4n) is 2.44. The number of nitrogens with one attached hydrogen (secondary N) is 1. The standard InChI is InChI=1S/C17H23NO3S/c1-11-7-16(20-3)17(21-4)8-14(11)12(2)18-9-15(19)13-5-6-22-10-13/h5-8,10,12,15,18-19H,9H2,1-4H3. The van der Waals surface area contributed by atoms with Crippen molar-refractivity contribution in [3.8, 4) is 11.5 Å². The first-order valence-electron chi connectivity index (χ1n) is 7.22. The normalized spacial score (nSPS) is 13.7. The first kappa shape index (κ1) is 16.8. The summed E-state index contributed by atoms with van der Waals surface area (Å²) in [4.78, 5) is 0. The van der Waals surface area contributed by atoms with E-state index in [-0.39, 0.29) is 6.04 Å². The van der Waals surface area contributed by atoms with Crippen LogP contribution >= 0.6 is 11.3 Å². The fourth-order valence-corrected chi connectivity index (χ4v) is 3.15. The monoisotopic (exact) mass is 321 g/mol. The molecular weight excluding hydrogens is 298 g/mol. The van der Waals surface area contributed by atoms with Crippen LogP contribution in [0.3, 0.4) is 0 Å². The van der Waals surface area contributed by atoms with Crippen molar-refractivity contribution < 1.29 is 14.6 Å². The molecule has 0 aliphatic heterocycles. The van der Waals surface area contributed by atoms with E-state index in [4.69, 9.17) is 9.47 Å². The zero-order valence-corrected chi connectivity index (χ0v) is 14.2. The topological polar surface area (TPSA) is 50.7 Å². The molecule has 0 bridgehead atoms. The quantitative estimate of drug-likeness (QED) is 0.820. The molecule has 0 saturated heterocycles. The van der Waals surface area contributed by atoms with Gasteiger partial charge >= 0.3 is 0 Å². The highest BCUT2D eigenvalue weighted by Gasteiger charge is 2.15. The Labute approximate surface area is 135 Å². The maximum atomic E-state index is 10.2. The Hall–Kier alpha value is -1.56. The highest BCUT2D eigenvalue weighted by atomic mass is 32.1. The molecule has 2 N–H and O–H groups in total. The van der Waals surface area contributed by atoms with Crippen LogP contribution in [0.25, 0.3) is 0 Å². The molecule has 5 heteroatoms. The second-order valence-corrected chi connectivity index (χ2v) is 6.05. The van der Waals surface area contributed by atoms with E-state index in [0.717, 1.165) is 28.2 Å². The molecule has 2 aromatic rings. The highest BCUT2D eigenvalue weighted by molar-refractivity contribution is 7.07. The number of hydrogen-bond acceptors (Lipinski definition) is 5. The minimum Gasteiger partial charge on any atom is -0.493 e. The molecule has 2 unspecified atom stereocenters. The van der Waals surface area contributed by atoms with Gasteiger partial charge in [0.25, 0.3) is 0 Å². The molecule has 1 aromatic carbocycles. The lowest BCUT2D eigenvalue weighted by Gasteiger charge is -2.20. The van der Waals surface area contributed by atoms with E-state index in [0.29, 0.717) is 6.54 Å². The van der Waals surface area contributed by atoms with E-state index in [9.17, 15) is 5.11 Å². The molecule has 2 atom stereocenters. The molecule has 4 nitrogen and oxygen atoms in total. The number of ether oxygens (including phenoxy) is 2. The number of aliphatic hydroxyl groups excluding tert-OH is 1. The lowest BCUT2D eigenvalue weighted by atomic mass is 10.0. The van der Waals surface area contributed by atoms with Gasteiger partial charge in [0.2, 0.25) is 0 Å². The summed E-state index contributed by atoms with van der Waals surface area (Å²) >= 11 is 1.59. The Kier molecular flexibility index (Phi) is 5.83. The molecule has 0 radical (unpaired) electrons. The van der Waals surface area contributed by atoms with Crippen LogP contribution < -0.4 is 14.8 Å². The molecule has 120 valence electrons. The Morgan fingerprint density at radius 1 is 1.23 bits per heavy atom. The van der Waals surface area contributed by atoms with E-state index >= 15 is 0 Å². The van der Waals surface area contributed by atoms with Crippen LogP contribution in [0.2, 0.25) is 0 Å². The van der Waals surface area contributed by atoms with Crippen molar-refractivity contribution in [2.75, 3.05) is 20.8 Å². The predicted molar refractivity (Wildman–Crippen MR) is 90.0 cm³/mol. The summed E-state index contributed by atoms with van der Waals surface area (Å²) < 4.78 is 10.7. The molecule has 0 fully saturated rings. The molecular formula is C17H23NO3S. The van der Waals surface area contributed by atoms with Crippen molar-refractivity contribution in [2.24, 2.45) is 0 Å². The van der Waals surface area contributed by atoms with Gasteiger partial charge in [0, 0.05) is 12.6 Å². The lowest BCUT2D eigenvalue weighted by molar-refractivity contribution is 0.171. The summed E-state index contributed by atoms with van der Waals surface area (Å²) in [7, 11) is 3.27. The van der Waals surface area contributed by atoms with Crippen LogP contribution in [0.5, 0.6) is 11.5 Å². The molecule has 22 heavy (non-hydrogen) atoms. The summed E-state index contributed by atoms with van der Waals surface area (Å²) in [5, 5.41) is 17.5. The van der Waals surface area contributed by atoms with Crippen LogP contribution in [0.15, 0.2) is 29.0 Å². The SMILES string of the molecule is COc1cc(C)c(C(C)NCC(O)c2ccsc2)cc1OC. The Bertz CT molecular complexity index is 598. The second kappa shape index (κ2) is 7.63. The van der Waals surface area contributed by atoms with Gasteiger partial charge in [0.15, 0.2) is 11.5 Å². The van der Waals surface area contributed by atoms with Crippen molar-refractivity contribution in [3.63, 3.8) is 0 Å². The molecule has 0 aliphatic rings. The van der Waals surface area contributed by atoms with Crippen LogP contribution in [0.4, 0.5) is 0 Å². The van der Waals surface area contributed by atoms with Crippen molar-refractivity contribution in [2.45, 2.75) is 26.0 Å². The number of aliphatic hydroxyl groups is 1. The Morgan fingerprint density at radius 3 is 2.50 bits per heavy atom. The summed E-state index contributed by atoms with van der Waals surface area (Å²) in [6.07, 6.45) is -0.492. The van der Waals surface area contributed by atoms with Gasteiger partial charge in [0.05, 0.1) is 20.3 Å². The molecule has 0 spiro atoms. The van der Waals surface area contributed by atoms with Gasteiger partial charge in [-0.1, -0.05) is 0 Å². The summed E-state index contributed by atoms with van der Waals surface area (Å²) in [6.45, 7) is 4.63. The number of benzene rings is 1. The van der Waals surface area contributed by atoms with E-state index in [1.807, 2.05) is 35.9 Å². The minimum atomic E-state index is -0.492. The molecule has 2 rings (SSSR count). The van der Waals surface area contributed by atoms with Crippen LogP contribution in [0.1, 0.15) is 35.8 Å². The summed E-state index contributed by atoms with van der Waals surface area (Å²) in [5.41, 5.74) is 3.21. The van der Waals surface area contributed by atoms with E-state index < -0.39 is 6.10 Å². The summed E-state index contributed by atoms with van der Waals surface area (Å²) in [6, 6.07) is 6.02. The zero-order valence-electron chi connectivity index (χ0n) is 13.4. The van der Waals surface area contributed by atoms with Crippen LogP contribution in [0, 0.1) is 6.92 Å². The molecule has 1 aromatic heterocycles. The van der Waals surface area contributed by atoms with Gasteiger partial charge < -0.3 is 19.9 Å². The molecule has 0 amide bonds. The zero-order chi connectivity index (χ0) is 16.1. The van der Waals surface area contributed by atoms with Gasteiger partial charge in [-0.15, -0.1) is 0 Å². The first-order valence-corrected chi connectivity index (χ1v) is 8.17. The fraction of sp³-hybridized carbons (Fsp3) is 0.412. The average Bonchev–Trinajstić information content (AvgIpc) is 3.06. The maximum Gasteiger partial charge on any atom is 0.161 e. The third-order valence-electron chi connectivity index (χ3n) is 3.78. The van der Waals surface area contributed by atoms with Gasteiger partial charge in [-0.25, -0.2) is 0 Å². The van der Waals surface area contributed by atoms with Crippen LogP contribution in [-0.2, 0) is 0 Å². The number of hydrogen-bond donors (Lipinski definition) is 2. The average molecular weight is 321 g/mol. The third kappa shape index (κ3) is 3.80. The number of aryl methyl sites for hydroxylation is 1. The molecule has 0 saturated carbocycles. The van der Waals surface area contributed by atoms with E-state index in [2.05, 4.69) is 12.2 Å². The number of rotatable bonds is 7. The Balaban J connectivity index is 2.07. The number of methoxy groups -OCH3 is 2. The van der Waals surface area contributed by atoms with E-state index in [1.54, 1.807) is 25.6 Å². The lowest BCUT2D eigenvalue weighted by Crippen LogP contribution is -2.25. The van der Waals surface area contributed by atoms with Gasteiger partial charge in [0.1, 0.15) is 0 Å². The minimum absolute atomic E-state index is 0.105. The van der Waals surface area contributed by atoms with Crippen LogP contribution in [-0.4, -0.2) is 25.9 Å². The number of thiophene rings is 1. The molecule has 0 aliphatic carbocycles. The predicted octanol–water partition coefficient (Wildman–Crippen LogP) is 3.46. The third-order valence-corrected chi connectivity index (χ3v) is 4.49. The van der Waals surface area contributed by atoms with Crippen molar-refractivity contribution in [3.05, 3.63) is 45.6 Å². The Morgan fingerprint density at radius 2 is 1.91 bits per heavy atom. The van der Waals surface area contributed by atoms with Crippen molar-refractivity contribution in [1.82, 2.24) is 5.32 Å². The van der Waals surface area contributed by atoms with Gasteiger partial charge in [-0.3, -0.25) is 0 Å². The largest absolute Gasteiger partial charge is 0.493 e. The van der Waals surface area contributed by atoms with Gasteiger partial charge in [-0.2, -0.15) is 11.3 Å². The van der Waals surface area contributed by atoms with E-state index in [1.165, 1.54) is 0 Å². The van der Waals surface area contributed by atoms with Crippen molar-refractivity contribution >= 4 is 11.3 Å². The first-order chi connectivity index (χ1) is 10.6. The summed E-state index contributed by atoms with van der Waals surface area (Å²) in [5.74, 6) is 1.45. The highest BCUT2D eigenvalue weighted by Crippen LogP contribution is 2.33. The second-order valence-electron chi connectivity index (χ2n) is 5.27.